The zero-order valence-corrected chi connectivity index (χ0v) is 13.1. The van der Waals surface area contributed by atoms with Crippen LogP contribution in [0.15, 0.2) is 30.3 Å². The highest BCUT2D eigenvalue weighted by Crippen LogP contribution is 2.34. The maximum Gasteiger partial charge on any atom is 0.417 e. The molecule has 0 saturated heterocycles. The molecule has 0 radical (unpaired) electrons. The fourth-order valence-electron chi connectivity index (χ4n) is 1.95. The molecule has 0 bridgehead atoms. The maximum atomic E-state index is 13.0. The molecule has 2 rings (SSSR count). The number of alkyl halides is 3. The Balaban J connectivity index is 2.33. The molecule has 0 aliphatic rings. The van der Waals surface area contributed by atoms with Crippen LogP contribution in [0.4, 0.5) is 28.0 Å². The smallest absolute Gasteiger partial charge is 0.366 e. The van der Waals surface area contributed by atoms with Gasteiger partial charge in [0.25, 0.3) is 11.8 Å². The molecule has 6 N–H and O–H groups in total. The van der Waals surface area contributed by atoms with E-state index < -0.39 is 35.1 Å². The zero-order valence-electron chi connectivity index (χ0n) is 12.3. The molecule has 0 spiro atoms. The molecule has 0 aliphatic carbocycles. The van der Waals surface area contributed by atoms with Crippen molar-refractivity contribution in [2.75, 3.05) is 10.6 Å². The number of halogens is 3. The summed E-state index contributed by atoms with van der Waals surface area (Å²) in [5.41, 5.74) is 8.27. The fraction of sp³-hybridized carbons (Fsp3) is 0.0714. The van der Waals surface area contributed by atoms with Crippen LogP contribution in [-0.2, 0) is 6.18 Å². The monoisotopic (exact) mass is 372 g/mol. The number of hydrogen-bond donors (Lipinski definition) is 4. The fourth-order valence-corrected chi connectivity index (χ4v) is 2.91. The molecule has 11 heteroatoms. The number of anilines is 2. The van der Waals surface area contributed by atoms with E-state index in [1.807, 2.05) is 0 Å². The van der Waals surface area contributed by atoms with Gasteiger partial charge in [0.2, 0.25) is 0 Å². The topological polar surface area (TPSA) is 127 Å². The third kappa shape index (κ3) is 4.26. The predicted molar refractivity (Wildman–Crippen MR) is 85.4 cm³/mol. The van der Waals surface area contributed by atoms with E-state index in [2.05, 4.69) is 10.6 Å². The third-order valence-electron chi connectivity index (χ3n) is 2.95. The van der Waals surface area contributed by atoms with Crippen molar-refractivity contribution in [1.82, 2.24) is 0 Å². The number of hydrogen-bond acceptors (Lipinski definition) is 4. The van der Waals surface area contributed by atoms with Crippen LogP contribution in [0.25, 0.3) is 0 Å². The SMILES string of the molecule is NC(=O)Nc1sc(NC(=O)c2ccccc2C(F)(F)F)cc1C(N)=O. The molecule has 0 saturated carbocycles. The van der Waals surface area contributed by atoms with Crippen LogP contribution in [0, 0.1) is 0 Å². The van der Waals surface area contributed by atoms with Gasteiger partial charge in [-0.05, 0) is 18.2 Å². The molecule has 132 valence electrons. The van der Waals surface area contributed by atoms with Gasteiger partial charge in [-0.2, -0.15) is 13.2 Å². The van der Waals surface area contributed by atoms with Gasteiger partial charge in [0.15, 0.2) is 0 Å². The molecule has 7 nitrogen and oxygen atoms in total. The van der Waals surface area contributed by atoms with Gasteiger partial charge in [-0.1, -0.05) is 23.5 Å². The summed E-state index contributed by atoms with van der Waals surface area (Å²) in [6, 6.07) is 4.40. The molecular weight excluding hydrogens is 361 g/mol. The van der Waals surface area contributed by atoms with Crippen molar-refractivity contribution < 1.29 is 27.6 Å². The Hall–Kier alpha value is -3.08. The number of carbonyl (C=O) groups excluding carboxylic acids is 3. The van der Waals surface area contributed by atoms with E-state index in [1.165, 1.54) is 6.07 Å². The quantitative estimate of drug-likeness (QED) is 0.659. The minimum Gasteiger partial charge on any atom is -0.366 e. The summed E-state index contributed by atoms with van der Waals surface area (Å²) in [5.74, 6) is -1.94. The summed E-state index contributed by atoms with van der Waals surface area (Å²) in [6.07, 6.45) is -4.71. The minimum absolute atomic E-state index is 0.0135. The summed E-state index contributed by atoms with van der Waals surface area (Å²) >= 11 is 0.727. The van der Waals surface area contributed by atoms with Gasteiger partial charge in [0, 0.05) is 0 Å². The van der Waals surface area contributed by atoms with Crippen LogP contribution < -0.4 is 22.1 Å². The zero-order chi connectivity index (χ0) is 18.8. The van der Waals surface area contributed by atoms with E-state index >= 15 is 0 Å². The molecule has 0 aliphatic heterocycles. The Labute approximate surface area is 142 Å². The standard InChI is InChI=1S/C14H11F3N4O3S/c15-14(16,17)8-4-2-1-3-6(8)11(23)20-9-5-7(10(18)22)12(25-9)21-13(19)24/h1-5H,(H2,18,22)(H,20,23)(H3,19,21,24). The van der Waals surface area contributed by atoms with Gasteiger partial charge in [-0.15, -0.1) is 0 Å². The van der Waals surface area contributed by atoms with E-state index in [0.29, 0.717) is 0 Å². The minimum atomic E-state index is -4.71. The number of urea groups is 1. The van der Waals surface area contributed by atoms with Gasteiger partial charge >= 0.3 is 12.2 Å². The molecule has 1 aromatic heterocycles. The maximum absolute atomic E-state index is 13.0. The normalized spacial score (nSPS) is 11.0. The molecule has 25 heavy (non-hydrogen) atoms. The lowest BCUT2D eigenvalue weighted by Crippen LogP contribution is -2.21. The number of amides is 4. The number of nitrogens with two attached hydrogens (primary N) is 2. The Morgan fingerprint density at radius 3 is 2.20 bits per heavy atom. The first-order chi connectivity index (χ1) is 11.6. The summed E-state index contributed by atoms with van der Waals surface area (Å²) in [7, 11) is 0. The van der Waals surface area contributed by atoms with Crippen molar-refractivity contribution in [3.05, 3.63) is 47.0 Å². The van der Waals surface area contributed by atoms with Crippen LogP contribution >= 0.6 is 11.3 Å². The van der Waals surface area contributed by atoms with Crippen molar-refractivity contribution in [1.29, 1.82) is 0 Å². The number of rotatable bonds is 4. The van der Waals surface area contributed by atoms with Gasteiger partial charge in [0.1, 0.15) is 5.00 Å². The molecular formula is C14H11F3N4O3S. The average molecular weight is 372 g/mol. The number of primary amides is 2. The van der Waals surface area contributed by atoms with Crippen molar-refractivity contribution >= 4 is 39.2 Å². The lowest BCUT2D eigenvalue weighted by atomic mass is 10.1. The Bertz CT molecular complexity index is 848. The van der Waals surface area contributed by atoms with E-state index in [4.69, 9.17) is 11.5 Å². The molecule has 1 aromatic carbocycles. The summed E-state index contributed by atoms with van der Waals surface area (Å²) in [5, 5.41) is 4.37. The number of benzene rings is 1. The highest BCUT2D eigenvalue weighted by Gasteiger charge is 2.35. The summed E-state index contributed by atoms with van der Waals surface area (Å²) in [6.45, 7) is 0. The first-order valence-corrected chi connectivity index (χ1v) is 7.39. The second-order valence-electron chi connectivity index (χ2n) is 4.70. The summed E-state index contributed by atoms with van der Waals surface area (Å²) in [4.78, 5) is 34.4. The van der Waals surface area contributed by atoms with E-state index in [-0.39, 0.29) is 15.6 Å². The molecule has 4 amide bonds. The van der Waals surface area contributed by atoms with Crippen LogP contribution in [0.1, 0.15) is 26.3 Å². The molecule has 1 heterocycles. The van der Waals surface area contributed by atoms with Crippen LogP contribution in [0.2, 0.25) is 0 Å². The Morgan fingerprint density at radius 2 is 1.64 bits per heavy atom. The predicted octanol–water partition coefficient (Wildman–Crippen LogP) is 2.61. The number of thiophene rings is 1. The second-order valence-corrected chi connectivity index (χ2v) is 5.76. The van der Waals surface area contributed by atoms with Crippen molar-refractivity contribution in [3.8, 4) is 0 Å². The molecule has 0 atom stereocenters. The molecule has 0 unspecified atom stereocenters. The van der Waals surface area contributed by atoms with Gasteiger partial charge in [-0.3, -0.25) is 14.9 Å². The highest BCUT2D eigenvalue weighted by atomic mass is 32.1. The first-order valence-electron chi connectivity index (χ1n) is 6.57. The van der Waals surface area contributed by atoms with E-state index in [9.17, 15) is 27.6 Å². The second kappa shape index (κ2) is 6.81. The van der Waals surface area contributed by atoms with E-state index in [0.717, 1.165) is 35.6 Å². The van der Waals surface area contributed by atoms with Crippen molar-refractivity contribution in [2.45, 2.75) is 6.18 Å². The van der Waals surface area contributed by atoms with Crippen molar-refractivity contribution in [2.24, 2.45) is 11.5 Å². The van der Waals surface area contributed by atoms with Crippen molar-refractivity contribution in [3.63, 3.8) is 0 Å². The Morgan fingerprint density at radius 1 is 1.00 bits per heavy atom. The van der Waals surface area contributed by atoms with Crippen LogP contribution in [-0.4, -0.2) is 17.8 Å². The first kappa shape index (κ1) is 18.3. The average Bonchev–Trinajstić information content (AvgIpc) is 2.88. The lowest BCUT2D eigenvalue weighted by Gasteiger charge is -2.11. The summed E-state index contributed by atoms with van der Waals surface area (Å²) < 4.78 is 38.9. The third-order valence-corrected chi connectivity index (χ3v) is 3.91. The molecule has 2 aromatic rings. The van der Waals surface area contributed by atoms with E-state index in [1.54, 1.807) is 0 Å². The van der Waals surface area contributed by atoms with Gasteiger partial charge in [0.05, 0.1) is 21.7 Å². The molecule has 0 fully saturated rings. The largest absolute Gasteiger partial charge is 0.417 e. The van der Waals surface area contributed by atoms with Gasteiger partial charge < -0.3 is 16.8 Å². The van der Waals surface area contributed by atoms with Crippen LogP contribution in [0.3, 0.4) is 0 Å². The number of nitrogens with one attached hydrogen (secondary N) is 2. The van der Waals surface area contributed by atoms with Gasteiger partial charge in [-0.25, -0.2) is 4.79 Å². The van der Waals surface area contributed by atoms with Crippen LogP contribution in [0.5, 0.6) is 0 Å². The number of carbonyl (C=O) groups is 3. The Kier molecular flexibility index (Phi) is 4.97. The highest BCUT2D eigenvalue weighted by molar-refractivity contribution is 7.20. The lowest BCUT2D eigenvalue weighted by molar-refractivity contribution is -0.137.